The van der Waals surface area contributed by atoms with Crippen molar-refractivity contribution in [2.45, 2.75) is 19.9 Å². The van der Waals surface area contributed by atoms with Crippen LogP contribution in [-0.2, 0) is 4.79 Å². The van der Waals surface area contributed by atoms with Gasteiger partial charge in [-0.05, 0) is 67.9 Å². The maximum Gasteiger partial charge on any atom is 0.294 e. The van der Waals surface area contributed by atoms with Crippen LogP contribution in [0.3, 0.4) is 0 Å². The van der Waals surface area contributed by atoms with Gasteiger partial charge in [0.05, 0.1) is 18.7 Å². The van der Waals surface area contributed by atoms with Crippen molar-refractivity contribution < 1.29 is 23.8 Å². The molecule has 0 saturated carbocycles. The van der Waals surface area contributed by atoms with Gasteiger partial charge in [-0.1, -0.05) is 35.3 Å². The minimum absolute atomic E-state index is 0.0531. The molecule has 1 amide bonds. The summed E-state index contributed by atoms with van der Waals surface area (Å²) in [5.41, 5.74) is 2.39. The number of fused-ring (bicyclic) bond motifs is 1. The zero-order valence-corrected chi connectivity index (χ0v) is 23.1. The molecule has 0 fully saturated rings. The van der Waals surface area contributed by atoms with Crippen LogP contribution in [0.1, 0.15) is 36.0 Å². The second kappa shape index (κ2) is 10.7. The van der Waals surface area contributed by atoms with E-state index >= 15 is 0 Å². The lowest BCUT2D eigenvalue weighted by Gasteiger charge is -2.28. The molecule has 1 unspecified atom stereocenters. The Morgan fingerprint density at radius 2 is 1.67 bits per heavy atom. The summed E-state index contributed by atoms with van der Waals surface area (Å²) in [4.78, 5) is 31.0. The summed E-state index contributed by atoms with van der Waals surface area (Å²) in [5.74, 6) is -1.65. The van der Waals surface area contributed by atoms with Gasteiger partial charge in [-0.25, -0.2) is 0 Å². The number of methoxy groups -OCH3 is 1. The zero-order valence-electron chi connectivity index (χ0n) is 21.6. The van der Waals surface area contributed by atoms with E-state index in [1.54, 1.807) is 36.4 Å². The lowest BCUT2D eigenvalue weighted by molar-refractivity contribution is -0.117. The van der Waals surface area contributed by atoms with Gasteiger partial charge in [0.2, 0.25) is 5.78 Å². The van der Waals surface area contributed by atoms with Gasteiger partial charge < -0.3 is 19.2 Å². The van der Waals surface area contributed by atoms with Crippen LogP contribution in [0.2, 0.25) is 10.0 Å². The average molecular weight is 565 g/mol. The Balaban J connectivity index is 1.64. The topological polar surface area (TPSA) is 83.2 Å². The molecule has 200 valence electrons. The van der Waals surface area contributed by atoms with Crippen LogP contribution in [0.25, 0.3) is 11.0 Å². The van der Waals surface area contributed by atoms with Gasteiger partial charge in [-0.15, -0.1) is 0 Å². The van der Waals surface area contributed by atoms with E-state index in [-0.39, 0.29) is 11.3 Å². The third-order valence-corrected chi connectivity index (χ3v) is 7.36. The first kappa shape index (κ1) is 26.7. The number of aliphatic hydroxyl groups is 1. The summed E-state index contributed by atoms with van der Waals surface area (Å²) >= 11 is 12.3. The molecule has 1 aliphatic heterocycles. The van der Waals surface area contributed by atoms with Crippen LogP contribution in [0.15, 0.2) is 82.5 Å². The average Bonchev–Trinajstić information content (AvgIpc) is 3.48. The number of carbonyl (C=O) groups is 2. The highest BCUT2D eigenvalue weighted by Crippen LogP contribution is 2.43. The number of Topliss-reactive ketones (excluding diaryl/α,β-unsaturated/α-hetero) is 1. The molecule has 1 N–H and O–H groups in total. The van der Waals surface area contributed by atoms with Crippen molar-refractivity contribution in [2.75, 3.05) is 30.0 Å². The molecule has 0 aliphatic carbocycles. The van der Waals surface area contributed by atoms with Gasteiger partial charge in [0.1, 0.15) is 0 Å². The molecule has 1 atom stereocenters. The summed E-state index contributed by atoms with van der Waals surface area (Å²) in [7, 11) is 1.47. The summed E-state index contributed by atoms with van der Waals surface area (Å²) in [6.07, 6.45) is 0. The molecule has 0 radical (unpaired) electrons. The van der Waals surface area contributed by atoms with Crippen LogP contribution < -0.4 is 14.5 Å². The number of ether oxygens (including phenoxy) is 1. The highest BCUT2D eigenvalue weighted by Gasteiger charge is 2.45. The highest BCUT2D eigenvalue weighted by atomic mass is 35.5. The minimum Gasteiger partial charge on any atom is -0.503 e. The lowest BCUT2D eigenvalue weighted by Crippen LogP contribution is -2.31. The Labute approximate surface area is 235 Å². The number of halogens is 2. The Morgan fingerprint density at radius 3 is 2.28 bits per heavy atom. The van der Waals surface area contributed by atoms with Gasteiger partial charge in [-0.3, -0.25) is 14.5 Å². The molecule has 4 aromatic rings. The number of hydrogen-bond donors (Lipinski definition) is 1. The predicted octanol–water partition coefficient (Wildman–Crippen LogP) is 7.38. The number of ketones is 1. The van der Waals surface area contributed by atoms with E-state index < -0.39 is 23.5 Å². The van der Waals surface area contributed by atoms with Crippen molar-refractivity contribution in [3.05, 3.63) is 99.4 Å². The number of rotatable bonds is 8. The SMILES string of the molecule is CCN(CC)c1ccc(C2C(C(=O)c3cc4cc(Cl)cc(OC)c4o3)=C(O)C(=O)N2c2ccc(Cl)cc2)cc1. The van der Waals surface area contributed by atoms with Gasteiger partial charge >= 0.3 is 0 Å². The molecule has 1 aromatic heterocycles. The van der Waals surface area contributed by atoms with Crippen molar-refractivity contribution in [3.8, 4) is 5.75 Å². The monoisotopic (exact) mass is 564 g/mol. The number of benzene rings is 3. The van der Waals surface area contributed by atoms with Crippen LogP contribution in [-0.4, -0.2) is 37.0 Å². The first-order valence-corrected chi connectivity index (χ1v) is 13.2. The quantitative estimate of drug-likeness (QED) is 0.225. The molecule has 3 aromatic carbocycles. The fourth-order valence-corrected chi connectivity index (χ4v) is 5.30. The number of hydrogen-bond acceptors (Lipinski definition) is 6. The van der Waals surface area contributed by atoms with Crippen molar-refractivity contribution in [2.24, 2.45) is 0 Å². The van der Waals surface area contributed by atoms with E-state index in [0.29, 0.717) is 38.0 Å². The molecule has 0 bridgehead atoms. The first-order chi connectivity index (χ1) is 18.8. The standard InChI is InChI=1S/C30H26Cl2N2O5/c1-4-33(5-2)21-10-6-17(7-11-21)26-25(28(36)30(37)34(26)22-12-8-19(31)9-13-22)27(35)23-15-18-14-20(32)16-24(38-3)29(18)39-23/h6-16,26,36H,4-5H2,1-3H3. The first-order valence-electron chi connectivity index (χ1n) is 12.5. The molecular formula is C30H26Cl2N2O5. The molecule has 7 nitrogen and oxygen atoms in total. The van der Waals surface area contributed by atoms with Crippen LogP contribution in [0.5, 0.6) is 5.75 Å². The molecule has 9 heteroatoms. The number of nitrogens with zero attached hydrogens (tertiary/aromatic N) is 2. The van der Waals surface area contributed by atoms with Crippen molar-refractivity contribution in [1.29, 1.82) is 0 Å². The third-order valence-electron chi connectivity index (χ3n) is 6.89. The molecule has 2 heterocycles. The summed E-state index contributed by atoms with van der Waals surface area (Å²) < 4.78 is 11.3. The Kier molecular flexibility index (Phi) is 7.30. The maximum atomic E-state index is 13.9. The minimum atomic E-state index is -0.907. The Morgan fingerprint density at radius 1 is 1.00 bits per heavy atom. The van der Waals surface area contributed by atoms with E-state index in [2.05, 4.69) is 18.7 Å². The number of anilines is 2. The molecule has 0 spiro atoms. The van der Waals surface area contributed by atoms with E-state index in [4.69, 9.17) is 32.4 Å². The second-order valence-corrected chi connectivity index (χ2v) is 9.92. The maximum absolute atomic E-state index is 13.9. The smallest absolute Gasteiger partial charge is 0.294 e. The molecule has 1 aliphatic rings. The lowest BCUT2D eigenvalue weighted by atomic mass is 9.94. The van der Waals surface area contributed by atoms with E-state index in [9.17, 15) is 14.7 Å². The fourth-order valence-electron chi connectivity index (χ4n) is 4.96. The van der Waals surface area contributed by atoms with E-state index in [1.165, 1.54) is 18.1 Å². The van der Waals surface area contributed by atoms with Crippen molar-refractivity contribution in [1.82, 2.24) is 0 Å². The second-order valence-electron chi connectivity index (χ2n) is 9.05. The molecule has 5 rings (SSSR count). The molecule has 39 heavy (non-hydrogen) atoms. The van der Waals surface area contributed by atoms with Gasteiger partial charge in [0.25, 0.3) is 5.91 Å². The normalized spacial score (nSPS) is 15.4. The Bertz CT molecular complexity index is 1590. The largest absolute Gasteiger partial charge is 0.503 e. The van der Waals surface area contributed by atoms with Crippen molar-refractivity contribution in [3.63, 3.8) is 0 Å². The van der Waals surface area contributed by atoms with Gasteiger partial charge in [0.15, 0.2) is 22.9 Å². The predicted molar refractivity (Wildman–Crippen MR) is 153 cm³/mol. The number of aliphatic hydroxyl groups excluding tert-OH is 1. The number of amides is 1. The van der Waals surface area contributed by atoms with Crippen LogP contribution in [0.4, 0.5) is 11.4 Å². The summed E-state index contributed by atoms with van der Waals surface area (Å²) in [6.45, 7) is 5.81. The number of carbonyl (C=O) groups excluding carboxylic acids is 2. The van der Waals surface area contributed by atoms with E-state index in [1.807, 2.05) is 24.3 Å². The van der Waals surface area contributed by atoms with Crippen molar-refractivity contribution >= 4 is 57.2 Å². The van der Waals surface area contributed by atoms with E-state index in [0.717, 1.165) is 18.8 Å². The Hall–Kier alpha value is -3.94. The fraction of sp³-hybridized carbons (Fsp3) is 0.200. The van der Waals surface area contributed by atoms with Gasteiger partial charge in [0, 0.05) is 46.0 Å². The number of furan rings is 1. The zero-order chi connectivity index (χ0) is 27.8. The third kappa shape index (κ3) is 4.73. The molecular weight excluding hydrogens is 539 g/mol. The van der Waals surface area contributed by atoms with Crippen LogP contribution in [0, 0.1) is 0 Å². The molecule has 0 saturated heterocycles. The summed E-state index contributed by atoms with van der Waals surface area (Å²) in [5, 5.41) is 12.6. The summed E-state index contributed by atoms with van der Waals surface area (Å²) in [6, 6.07) is 18.1. The van der Waals surface area contributed by atoms with Crippen LogP contribution >= 0.6 is 23.2 Å². The highest BCUT2D eigenvalue weighted by molar-refractivity contribution is 6.31. The van der Waals surface area contributed by atoms with Gasteiger partial charge in [-0.2, -0.15) is 0 Å².